The van der Waals surface area contributed by atoms with Crippen LogP contribution in [0.1, 0.15) is 86.5 Å². The Morgan fingerprint density at radius 2 is 0.771 bits per heavy atom. The van der Waals surface area contributed by atoms with Gasteiger partial charge in [-0.25, -0.2) is 4.52 Å². The highest BCUT2D eigenvalue weighted by atomic mass is 16.2. The molecule has 10 aliphatic carbocycles. The zero-order chi connectivity index (χ0) is 45.5. The molecule has 0 radical (unpaired) electrons. The number of fused-ring (bicyclic) bond motifs is 15. The molecule has 2 heterocycles. The molecule has 10 aromatic rings. The average Bonchev–Trinajstić information content (AvgIpc) is 4.07. The van der Waals surface area contributed by atoms with E-state index in [0.717, 1.165) is 45.8 Å². The van der Waals surface area contributed by atoms with Crippen molar-refractivity contribution in [3.63, 3.8) is 0 Å². The van der Waals surface area contributed by atoms with E-state index in [1.165, 1.54) is 135 Å². The van der Waals surface area contributed by atoms with Crippen molar-refractivity contribution in [1.82, 2.24) is 9.03 Å². The summed E-state index contributed by atoms with van der Waals surface area (Å²) in [7, 11) is 0. The third-order valence-corrected chi connectivity index (χ3v) is 21.2. The monoisotopic (exact) mass is 904 g/mol. The molecule has 8 aromatic carbocycles. The van der Waals surface area contributed by atoms with Gasteiger partial charge in [0.2, 0.25) is 0 Å². The summed E-state index contributed by atoms with van der Waals surface area (Å²) < 4.78 is 3.30. The van der Waals surface area contributed by atoms with Crippen molar-refractivity contribution in [1.29, 1.82) is 0 Å². The third kappa shape index (κ3) is 4.30. The van der Waals surface area contributed by atoms with Crippen molar-refractivity contribution >= 4 is 43.4 Å². The van der Waals surface area contributed by atoms with Crippen LogP contribution < -0.4 is 11.1 Å². The van der Waals surface area contributed by atoms with Gasteiger partial charge in [-0.05, 0) is 224 Å². The molecule has 70 heavy (non-hydrogen) atoms. The predicted octanol–water partition coefficient (Wildman–Crippen LogP) is 14.6. The lowest BCUT2D eigenvalue weighted by Gasteiger charge is -2.61. The van der Waals surface area contributed by atoms with Crippen LogP contribution in [-0.2, 0) is 10.8 Å². The summed E-state index contributed by atoms with van der Waals surface area (Å²) in [6.45, 7) is 0. The lowest BCUT2D eigenvalue weighted by Crippen LogP contribution is -2.55. The smallest absolute Gasteiger partial charge is 0.267 e. The van der Waals surface area contributed by atoms with E-state index in [1.807, 2.05) is 4.52 Å². The van der Waals surface area contributed by atoms with Gasteiger partial charge in [0.1, 0.15) is 0 Å². The van der Waals surface area contributed by atoms with Crippen molar-refractivity contribution in [2.75, 3.05) is 0 Å². The molecule has 0 N–H and O–H groups in total. The Morgan fingerprint density at radius 3 is 1.20 bits per heavy atom. The zero-order valence-electron chi connectivity index (χ0n) is 39.3. The zero-order valence-corrected chi connectivity index (χ0v) is 39.3. The van der Waals surface area contributed by atoms with Crippen molar-refractivity contribution in [2.45, 2.75) is 75.0 Å². The highest BCUT2D eigenvalue weighted by Crippen LogP contribution is 2.73. The van der Waals surface area contributed by atoms with E-state index in [1.54, 1.807) is 11.1 Å². The van der Waals surface area contributed by atoms with Crippen LogP contribution >= 0.6 is 0 Å². The molecular formula is C66H52N2O2. The summed E-state index contributed by atoms with van der Waals surface area (Å²) in [5.41, 5.74) is 17.1. The Labute approximate surface area is 405 Å². The van der Waals surface area contributed by atoms with Crippen molar-refractivity contribution < 1.29 is 0 Å². The van der Waals surface area contributed by atoms with Crippen LogP contribution in [0.3, 0.4) is 0 Å². The van der Waals surface area contributed by atoms with Crippen LogP contribution in [0.4, 0.5) is 0 Å². The topological polar surface area (TPSA) is 43.0 Å². The Bertz CT molecular complexity index is 3850. The number of rotatable bonds is 2. The second-order valence-corrected chi connectivity index (χ2v) is 23.9. The number of hydrogen-bond acceptors (Lipinski definition) is 2. The minimum Gasteiger partial charge on any atom is -0.267 e. The number of nitrogens with zero attached hydrogens (tertiary/aromatic N) is 2. The Balaban J connectivity index is 0.802. The third-order valence-electron chi connectivity index (χ3n) is 21.2. The highest BCUT2D eigenvalue weighted by Gasteiger charge is 2.64. The molecule has 20 rings (SSSR count). The molecule has 8 fully saturated rings. The summed E-state index contributed by atoms with van der Waals surface area (Å²) in [6, 6.07) is 54.5. The fourth-order valence-corrected chi connectivity index (χ4v) is 19.5. The summed E-state index contributed by atoms with van der Waals surface area (Å²) in [6.07, 6.45) is 13.5. The summed E-state index contributed by atoms with van der Waals surface area (Å²) >= 11 is 0. The predicted molar refractivity (Wildman–Crippen MR) is 282 cm³/mol. The lowest BCUT2D eigenvalue weighted by atomic mass is 9.43. The second-order valence-electron chi connectivity index (χ2n) is 23.9. The normalized spacial score (nSPS) is 30.2. The number of hydrogen-bond donors (Lipinski definition) is 0. The lowest BCUT2D eigenvalue weighted by molar-refractivity contribution is -0.0393. The van der Waals surface area contributed by atoms with Crippen LogP contribution in [0, 0.1) is 47.3 Å². The number of aromatic nitrogens is 2. The van der Waals surface area contributed by atoms with Crippen LogP contribution in [0.5, 0.6) is 0 Å². The first-order chi connectivity index (χ1) is 34.5. The SMILES string of the molecule is O=c1c2cc(-c3cccc4c3-c3ccc5ccccc5c3C43C4CC5CC(C4)CC3C5)ccc2n2c3ccc(-c4cccc5c4-c4ccc6ccccc6c4C54C5CC6CC(C5)CC4C6)cc3c(=O)n12. The van der Waals surface area contributed by atoms with E-state index < -0.39 is 0 Å². The standard InChI is InChI=1S/C66H52N2O2/c69-63-53-33-41(47-11-5-13-55-59(47)51-19-15-39-7-1-3-9-49(39)61(51)65(55)43-25-35-23-36(27-43)28-44(65)26-35)17-21-57(53)67-58-22-18-42(34-54(58)64(70)68(63)67)48-12-6-14-56-60(48)52-20-16-40-8-2-4-10-50(40)62(52)66(56)45-29-37-24-38(31-45)32-46(66)30-37/h1-22,33-38,43-46H,23-32H2. The van der Waals surface area contributed by atoms with Gasteiger partial charge in [-0.15, -0.1) is 0 Å². The van der Waals surface area contributed by atoms with Crippen LogP contribution in [-0.4, -0.2) is 9.03 Å². The van der Waals surface area contributed by atoms with Gasteiger partial charge in [0.15, 0.2) is 0 Å². The summed E-state index contributed by atoms with van der Waals surface area (Å²) in [4.78, 5) is 29.7. The molecule has 0 atom stereocenters. The summed E-state index contributed by atoms with van der Waals surface area (Å²) in [5.74, 6) is 6.05. The molecule has 4 nitrogen and oxygen atoms in total. The van der Waals surface area contributed by atoms with Gasteiger partial charge in [-0.3, -0.25) is 9.59 Å². The highest BCUT2D eigenvalue weighted by molar-refractivity contribution is 6.05. The first-order valence-electron chi connectivity index (χ1n) is 26.8. The first-order valence-corrected chi connectivity index (χ1v) is 26.8. The van der Waals surface area contributed by atoms with E-state index in [0.29, 0.717) is 34.4 Å². The van der Waals surface area contributed by atoms with Crippen molar-refractivity contribution in [2.24, 2.45) is 47.3 Å². The minimum atomic E-state index is -0.249. The molecule has 2 aromatic heterocycles. The molecular weight excluding hydrogens is 853 g/mol. The van der Waals surface area contributed by atoms with Crippen molar-refractivity contribution in [3.8, 4) is 44.5 Å². The van der Waals surface area contributed by atoms with Crippen LogP contribution in [0.2, 0.25) is 0 Å². The second kappa shape index (κ2) is 12.8. The van der Waals surface area contributed by atoms with Gasteiger partial charge in [0, 0.05) is 10.8 Å². The van der Waals surface area contributed by atoms with Gasteiger partial charge in [0.05, 0.1) is 21.8 Å². The molecule has 0 saturated heterocycles. The molecule has 8 saturated carbocycles. The molecule has 2 spiro atoms. The van der Waals surface area contributed by atoms with Crippen molar-refractivity contribution in [3.05, 3.63) is 189 Å². The maximum absolute atomic E-state index is 14.8. The fourth-order valence-electron chi connectivity index (χ4n) is 19.5. The quantitative estimate of drug-likeness (QED) is 0.173. The molecule has 0 aliphatic heterocycles. The maximum Gasteiger partial charge on any atom is 0.282 e. The molecule has 0 unspecified atom stereocenters. The van der Waals surface area contributed by atoms with E-state index in [4.69, 9.17) is 0 Å². The van der Waals surface area contributed by atoms with E-state index in [9.17, 15) is 9.59 Å². The molecule has 0 amide bonds. The van der Waals surface area contributed by atoms with Crippen LogP contribution in [0.15, 0.2) is 155 Å². The molecule has 8 bridgehead atoms. The van der Waals surface area contributed by atoms with E-state index in [-0.39, 0.29) is 21.9 Å². The fraction of sp³-hybridized carbons (Fsp3) is 0.303. The van der Waals surface area contributed by atoms with Gasteiger partial charge in [-0.2, -0.15) is 4.52 Å². The Hall–Kier alpha value is -6.78. The Kier molecular flexibility index (Phi) is 6.93. The molecule has 4 heteroatoms. The van der Waals surface area contributed by atoms with Gasteiger partial charge < -0.3 is 0 Å². The largest absolute Gasteiger partial charge is 0.282 e. The molecule has 10 aliphatic rings. The summed E-state index contributed by atoms with van der Waals surface area (Å²) in [5, 5.41) is 6.66. The molecule has 338 valence electrons. The Morgan fingerprint density at radius 1 is 0.357 bits per heavy atom. The van der Waals surface area contributed by atoms with Gasteiger partial charge in [-0.1, -0.05) is 121 Å². The van der Waals surface area contributed by atoms with Gasteiger partial charge in [0.25, 0.3) is 11.1 Å². The van der Waals surface area contributed by atoms with E-state index in [2.05, 4.69) is 146 Å². The maximum atomic E-state index is 14.8. The average molecular weight is 905 g/mol. The van der Waals surface area contributed by atoms with Crippen LogP contribution in [0.25, 0.3) is 87.9 Å². The van der Waals surface area contributed by atoms with Gasteiger partial charge >= 0.3 is 0 Å². The van der Waals surface area contributed by atoms with E-state index >= 15 is 0 Å². The minimum absolute atomic E-state index is 0.0130. The first kappa shape index (κ1) is 38.0. The number of benzene rings is 8.